The van der Waals surface area contributed by atoms with Crippen molar-refractivity contribution in [2.45, 2.75) is 6.92 Å². The molecule has 138 valence electrons. The van der Waals surface area contributed by atoms with Gasteiger partial charge < -0.3 is 14.3 Å². The van der Waals surface area contributed by atoms with Crippen molar-refractivity contribution in [2.75, 3.05) is 6.54 Å². The average molecular weight is 403 g/mol. The van der Waals surface area contributed by atoms with E-state index in [0.717, 1.165) is 16.7 Å². The minimum absolute atomic E-state index is 0.0159. The lowest BCUT2D eigenvalue weighted by Gasteiger charge is -2.14. The Hall–Kier alpha value is -2.98. The second-order valence-electron chi connectivity index (χ2n) is 5.60. The van der Waals surface area contributed by atoms with Crippen molar-refractivity contribution in [3.05, 3.63) is 56.7 Å². The number of furan rings is 1. The van der Waals surface area contributed by atoms with E-state index in [0.29, 0.717) is 22.6 Å². The van der Waals surface area contributed by atoms with Gasteiger partial charge in [-0.25, -0.2) is 0 Å². The number of aryl methyl sites for hydroxylation is 1. The fraction of sp³-hybridized carbons (Fsp3) is 0.118. The van der Waals surface area contributed by atoms with Gasteiger partial charge >= 0.3 is 0 Å². The molecule has 0 spiro atoms. The molecule has 0 N–H and O–H groups in total. The Morgan fingerprint density at radius 3 is 2.74 bits per heavy atom. The topological polar surface area (TPSA) is 117 Å². The van der Waals surface area contributed by atoms with Gasteiger partial charge in [-0.1, -0.05) is 24.0 Å². The van der Waals surface area contributed by atoms with Gasteiger partial charge in [0.1, 0.15) is 15.8 Å². The first-order valence-electron chi connectivity index (χ1n) is 7.56. The normalized spacial score (nSPS) is 15.6. The predicted molar refractivity (Wildman–Crippen MR) is 100 cm³/mol. The second kappa shape index (κ2) is 7.33. The highest BCUT2D eigenvalue weighted by molar-refractivity contribution is 8.26. The molecule has 10 heteroatoms. The largest absolute Gasteiger partial charge is 0.548 e. The molecule has 1 aliphatic rings. The summed E-state index contributed by atoms with van der Waals surface area (Å²) in [4.78, 5) is 34.6. The Kier molecular flexibility index (Phi) is 5.10. The zero-order chi connectivity index (χ0) is 19.7. The summed E-state index contributed by atoms with van der Waals surface area (Å²) in [5, 5.41) is 21.6. The van der Waals surface area contributed by atoms with Gasteiger partial charge in [0.25, 0.3) is 11.6 Å². The molecule has 27 heavy (non-hydrogen) atoms. The molecule has 0 radical (unpaired) electrons. The number of carbonyl (C=O) groups excluding carboxylic acids is 2. The highest BCUT2D eigenvalue weighted by Crippen LogP contribution is 2.34. The Bertz CT molecular complexity index is 1010. The van der Waals surface area contributed by atoms with Gasteiger partial charge in [-0.05, 0) is 31.2 Å². The highest BCUT2D eigenvalue weighted by atomic mass is 32.2. The number of thioether (sulfide) groups is 1. The average Bonchev–Trinajstić information content (AvgIpc) is 3.15. The van der Waals surface area contributed by atoms with E-state index < -0.39 is 23.3 Å². The van der Waals surface area contributed by atoms with Crippen molar-refractivity contribution in [3.63, 3.8) is 0 Å². The van der Waals surface area contributed by atoms with Crippen LogP contribution in [0.3, 0.4) is 0 Å². The van der Waals surface area contributed by atoms with Gasteiger partial charge in [0.05, 0.1) is 22.3 Å². The number of rotatable bonds is 5. The van der Waals surface area contributed by atoms with Gasteiger partial charge in [0.15, 0.2) is 0 Å². The lowest BCUT2D eigenvalue weighted by atomic mass is 10.1. The highest BCUT2D eigenvalue weighted by Gasteiger charge is 2.32. The SMILES string of the molecule is Cc1cc(-c2ccc(/C=C3\SC(=S)N(CC(=O)[O-])C3=O)o2)ccc1[N+](=O)[O-]. The van der Waals surface area contributed by atoms with Gasteiger partial charge in [0, 0.05) is 23.3 Å². The van der Waals surface area contributed by atoms with Crippen LogP contribution in [0.25, 0.3) is 17.4 Å². The van der Waals surface area contributed by atoms with Crippen LogP contribution >= 0.6 is 24.0 Å². The monoisotopic (exact) mass is 403 g/mol. The summed E-state index contributed by atoms with van der Waals surface area (Å²) in [6, 6.07) is 7.93. The number of carbonyl (C=O) groups is 2. The minimum Gasteiger partial charge on any atom is -0.548 e. The molecule has 1 aliphatic heterocycles. The Labute approximate surface area is 162 Å². The van der Waals surface area contributed by atoms with Crippen LogP contribution in [0.4, 0.5) is 5.69 Å². The molecule has 0 aliphatic carbocycles. The summed E-state index contributed by atoms with van der Waals surface area (Å²) < 4.78 is 5.82. The first-order chi connectivity index (χ1) is 12.8. The molecule has 1 amide bonds. The van der Waals surface area contributed by atoms with Crippen molar-refractivity contribution in [2.24, 2.45) is 0 Å². The Balaban J connectivity index is 1.84. The quantitative estimate of drug-likeness (QED) is 0.322. The number of nitrogens with zero attached hydrogens (tertiary/aromatic N) is 2. The number of hydrogen-bond acceptors (Lipinski definition) is 8. The number of nitro groups is 1. The third kappa shape index (κ3) is 3.91. The van der Waals surface area contributed by atoms with E-state index in [-0.39, 0.29) is 14.9 Å². The molecular weight excluding hydrogens is 392 g/mol. The molecule has 2 heterocycles. The van der Waals surface area contributed by atoms with Crippen LogP contribution in [0.15, 0.2) is 39.7 Å². The maximum atomic E-state index is 12.2. The van der Waals surface area contributed by atoms with Crippen molar-refractivity contribution in [1.29, 1.82) is 0 Å². The summed E-state index contributed by atoms with van der Waals surface area (Å²) >= 11 is 5.98. The number of thiocarbonyl (C=S) groups is 1. The molecule has 8 nitrogen and oxygen atoms in total. The van der Waals surface area contributed by atoms with E-state index in [1.54, 1.807) is 31.2 Å². The van der Waals surface area contributed by atoms with Crippen LogP contribution in [0.2, 0.25) is 0 Å². The molecule has 1 aromatic heterocycles. The summed E-state index contributed by atoms with van der Waals surface area (Å²) in [5.74, 6) is -1.08. The fourth-order valence-electron chi connectivity index (χ4n) is 2.49. The molecule has 0 saturated carbocycles. The van der Waals surface area contributed by atoms with Crippen molar-refractivity contribution < 1.29 is 24.0 Å². The van der Waals surface area contributed by atoms with E-state index in [2.05, 4.69) is 0 Å². The van der Waals surface area contributed by atoms with Crippen LogP contribution < -0.4 is 5.11 Å². The van der Waals surface area contributed by atoms with Crippen LogP contribution in [0.5, 0.6) is 0 Å². The molecule has 0 bridgehead atoms. The number of amides is 1. The molecule has 3 rings (SSSR count). The lowest BCUT2D eigenvalue weighted by molar-refractivity contribution is -0.385. The summed E-state index contributed by atoms with van der Waals surface area (Å²) in [7, 11) is 0. The van der Waals surface area contributed by atoms with Gasteiger partial charge in [-0.15, -0.1) is 0 Å². The molecule has 0 unspecified atom stereocenters. The molecule has 2 aromatic rings. The van der Waals surface area contributed by atoms with Crippen molar-refractivity contribution in [3.8, 4) is 11.3 Å². The van der Waals surface area contributed by atoms with Gasteiger partial charge in [-0.2, -0.15) is 0 Å². The van der Waals surface area contributed by atoms with Crippen LogP contribution in [0.1, 0.15) is 11.3 Å². The zero-order valence-corrected chi connectivity index (χ0v) is 15.5. The van der Waals surface area contributed by atoms with E-state index in [4.69, 9.17) is 16.6 Å². The number of nitro benzene ring substituents is 1. The van der Waals surface area contributed by atoms with E-state index >= 15 is 0 Å². The van der Waals surface area contributed by atoms with E-state index in [1.807, 2.05) is 0 Å². The number of hydrogen-bond donors (Lipinski definition) is 0. The first kappa shape index (κ1) is 18.8. The number of carboxylic acid groups (broad SMARTS) is 1. The molecule has 1 aromatic carbocycles. The minimum atomic E-state index is -1.40. The zero-order valence-electron chi connectivity index (χ0n) is 13.8. The Morgan fingerprint density at radius 2 is 2.11 bits per heavy atom. The number of aliphatic carboxylic acids is 1. The number of carboxylic acids is 1. The second-order valence-corrected chi connectivity index (χ2v) is 7.28. The van der Waals surface area contributed by atoms with Crippen LogP contribution in [0, 0.1) is 17.0 Å². The van der Waals surface area contributed by atoms with Gasteiger partial charge in [-0.3, -0.25) is 19.8 Å². The van der Waals surface area contributed by atoms with Crippen molar-refractivity contribution in [1.82, 2.24) is 4.90 Å². The Morgan fingerprint density at radius 1 is 1.37 bits per heavy atom. The summed E-state index contributed by atoms with van der Waals surface area (Å²) in [6.07, 6.45) is 1.47. The van der Waals surface area contributed by atoms with Crippen LogP contribution in [-0.2, 0) is 9.59 Å². The smallest absolute Gasteiger partial charge is 0.272 e. The summed E-state index contributed by atoms with van der Waals surface area (Å²) in [5.41, 5.74) is 1.17. The molecule has 1 fully saturated rings. The molecule has 1 saturated heterocycles. The van der Waals surface area contributed by atoms with Gasteiger partial charge in [0.2, 0.25) is 0 Å². The maximum Gasteiger partial charge on any atom is 0.272 e. The third-order valence-electron chi connectivity index (χ3n) is 3.74. The van der Waals surface area contributed by atoms with E-state index in [9.17, 15) is 24.8 Å². The molecular formula is C17H11N2O6S2-. The lowest BCUT2D eigenvalue weighted by Crippen LogP contribution is -2.40. The van der Waals surface area contributed by atoms with Crippen LogP contribution in [-0.4, -0.2) is 32.6 Å². The standard InChI is InChI=1S/C17H12N2O6S2/c1-9-6-10(2-4-12(9)19(23)24)13-5-3-11(25-13)7-14-16(22)18(8-15(20)21)17(26)27-14/h2-7H,8H2,1H3,(H,20,21)/p-1/b14-7-. The molecule has 0 atom stereocenters. The summed E-state index contributed by atoms with van der Waals surface area (Å²) in [6.45, 7) is 1.03. The predicted octanol–water partition coefficient (Wildman–Crippen LogP) is 2.11. The maximum absolute atomic E-state index is 12.2. The number of benzene rings is 1. The van der Waals surface area contributed by atoms with E-state index in [1.165, 1.54) is 12.1 Å². The first-order valence-corrected chi connectivity index (χ1v) is 8.79. The third-order valence-corrected chi connectivity index (χ3v) is 5.12. The van der Waals surface area contributed by atoms with Crippen molar-refractivity contribution >= 4 is 51.9 Å². The fourth-order valence-corrected chi connectivity index (χ4v) is 3.73.